The fourth-order valence-corrected chi connectivity index (χ4v) is 6.26. The van der Waals surface area contributed by atoms with Gasteiger partial charge in [-0.25, -0.2) is 4.79 Å². The van der Waals surface area contributed by atoms with Crippen molar-refractivity contribution in [2.75, 3.05) is 59.9 Å². The highest BCUT2D eigenvalue weighted by atomic mass is 16.6. The lowest BCUT2D eigenvalue weighted by molar-refractivity contribution is -0.159. The number of carbonyl (C=O) groups is 5. The van der Waals surface area contributed by atoms with Crippen LogP contribution in [-0.2, 0) is 63.7 Å². The average Bonchev–Trinajstić information content (AvgIpc) is 3.24. The second kappa shape index (κ2) is 40.7. The second-order valence-corrected chi connectivity index (χ2v) is 18.3. The molecule has 376 valence electrons. The number of methoxy groups -OCH3 is 1. The summed E-state index contributed by atoms with van der Waals surface area (Å²) in [4.78, 5) is 60.1. The summed E-state index contributed by atoms with van der Waals surface area (Å²) in [5.41, 5.74) is -0.185. The molecule has 0 aliphatic carbocycles. The quantitative estimate of drug-likeness (QED) is 0.0366. The van der Waals surface area contributed by atoms with Gasteiger partial charge in [0.05, 0.1) is 39.6 Å². The van der Waals surface area contributed by atoms with E-state index in [1.54, 1.807) is 27.9 Å². The molecule has 1 aromatic carbocycles. The topological polar surface area (TPSA) is 174 Å². The molecule has 0 saturated carbocycles. The van der Waals surface area contributed by atoms with E-state index in [1.807, 2.05) is 58.0 Å². The number of amides is 2. The van der Waals surface area contributed by atoms with Crippen molar-refractivity contribution < 1.29 is 57.1 Å². The third-order valence-corrected chi connectivity index (χ3v) is 9.56. The highest BCUT2D eigenvalue weighted by molar-refractivity contribution is 5.85. The number of benzene rings is 1. The Kier molecular flexibility index (Phi) is 38.4. The van der Waals surface area contributed by atoms with Crippen LogP contribution < -0.4 is 10.6 Å². The van der Waals surface area contributed by atoms with Crippen LogP contribution in [0.5, 0.6) is 0 Å². The van der Waals surface area contributed by atoms with Gasteiger partial charge in [-0.05, 0) is 72.8 Å². The second-order valence-electron chi connectivity index (χ2n) is 18.3. The van der Waals surface area contributed by atoms with E-state index in [0.717, 1.165) is 37.7 Å². The standard InChI is InChI=1S/C29H57NO6.C22H33NO6/c1-29(2,3)36-28(32)20-18-16-14-12-10-8-6-5-7-9-11-13-15-17-19-27(31)30-21-22-34-25-26-35-24-23-33-4;1-5-14-27-15-13-19(24)23-18(21(26)29-22(2,3)4)11-12-20(25)28-16-17-9-7-6-8-10-17/h5-26H2,1-4H3,(H,30,31);6-10,18H,5,11-16H2,1-4H3,(H,23,24). The summed E-state index contributed by atoms with van der Waals surface area (Å²) in [5.74, 6) is -1.28. The Morgan fingerprint density at radius 2 is 1.05 bits per heavy atom. The average molecular weight is 923 g/mol. The number of carbonyl (C=O) groups excluding carboxylic acids is 5. The van der Waals surface area contributed by atoms with Crippen LogP contribution in [0, 0.1) is 0 Å². The van der Waals surface area contributed by atoms with Gasteiger partial charge in [0.15, 0.2) is 0 Å². The SMILES string of the molecule is CCCOCCC(=O)NC(CCC(=O)OCc1ccccc1)C(=O)OC(C)(C)C.COCCOCCOCCNC(=O)CCCCCCCCCCCCCCCCC(=O)OC(C)(C)C. The summed E-state index contributed by atoms with van der Waals surface area (Å²) in [7, 11) is 1.65. The van der Waals surface area contributed by atoms with Gasteiger partial charge in [0.1, 0.15) is 23.9 Å². The molecule has 1 aromatic rings. The minimum absolute atomic E-state index is 0.0106. The highest BCUT2D eigenvalue weighted by Gasteiger charge is 2.27. The largest absolute Gasteiger partial charge is 0.461 e. The number of ether oxygens (including phenoxy) is 7. The molecule has 0 aromatic heterocycles. The molecule has 14 heteroatoms. The molecule has 0 radical (unpaired) electrons. The van der Waals surface area contributed by atoms with E-state index in [9.17, 15) is 24.0 Å². The lowest BCUT2D eigenvalue weighted by Crippen LogP contribution is -2.44. The van der Waals surface area contributed by atoms with Gasteiger partial charge < -0.3 is 43.8 Å². The van der Waals surface area contributed by atoms with Gasteiger partial charge in [-0.3, -0.25) is 19.2 Å². The molecule has 1 atom stereocenters. The molecule has 0 heterocycles. The molecule has 0 spiro atoms. The molecule has 2 N–H and O–H groups in total. The van der Waals surface area contributed by atoms with Gasteiger partial charge in [0, 0.05) is 45.9 Å². The minimum atomic E-state index is -0.919. The number of rotatable bonds is 38. The van der Waals surface area contributed by atoms with Crippen molar-refractivity contribution >= 4 is 29.7 Å². The fraction of sp³-hybridized carbons (Fsp3) is 0.784. The van der Waals surface area contributed by atoms with Gasteiger partial charge in [0.2, 0.25) is 11.8 Å². The first-order valence-electron chi connectivity index (χ1n) is 24.5. The Labute approximate surface area is 393 Å². The Hall–Kier alpha value is -3.59. The van der Waals surface area contributed by atoms with Crippen LogP contribution in [0.2, 0.25) is 0 Å². The maximum atomic E-state index is 12.4. The first kappa shape index (κ1) is 61.4. The molecular formula is C51H90N2O12. The summed E-state index contributed by atoms with van der Waals surface area (Å²) in [6.07, 6.45) is 19.4. The summed E-state index contributed by atoms with van der Waals surface area (Å²) in [6, 6.07) is 8.41. The van der Waals surface area contributed by atoms with E-state index >= 15 is 0 Å². The molecule has 1 unspecified atom stereocenters. The van der Waals surface area contributed by atoms with Crippen molar-refractivity contribution in [3.63, 3.8) is 0 Å². The number of unbranched alkanes of at least 4 members (excludes halogenated alkanes) is 13. The van der Waals surface area contributed by atoms with E-state index in [2.05, 4.69) is 10.6 Å². The first-order chi connectivity index (χ1) is 31.1. The summed E-state index contributed by atoms with van der Waals surface area (Å²) in [5, 5.41) is 5.56. The predicted molar refractivity (Wildman–Crippen MR) is 255 cm³/mol. The van der Waals surface area contributed by atoms with Crippen LogP contribution >= 0.6 is 0 Å². The van der Waals surface area contributed by atoms with Crippen molar-refractivity contribution in [2.24, 2.45) is 0 Å². The first-order valence-corrected chi connectivity index (χ1v) is 24.5. The number of esters is 3. The van der Waals surface area contributed by atoms with Gasteiger partial charge in [-0.2, -0.15) is 0 Å². The molecule has 14 nitrogen and oxygen atoms in total. The zero-order valence-corrected chi connectivity index (χ0v) is 41.9. The lowest BCUT2D eigenvalue weighted by Gasteiger charge is -2.24. The molecule has 2 amide bonds. The van der Waals surface area contributed by atoms with Crippen molar-refractivity contribution in [3.8, 4) is 0 Å². The smallest absolute Gasteiger partial charge is 0.329 e. The summed E-state index contributed by atoms with van der Waals surface area (Å²) >= 11 is 0. The molecule has 0 aliphatic heterocycles. The molecule has 0 aliphatic rings. The molecular weight excluding hydrogens is 833 g/mol. The van der Waals surface area contributed by atoms with E-state index in [4.69, 9.17) is 33.2 Å². The van der Waals surface area contributed by atoms with Gasteiger partial charge >= 0.3 is 17.9 Å². The van der Waals surface area contributed by atoms with Crippen LogP contribution in [0.4, 0.5) is 0 Å². The molecule has 0 saturated heterocycles. The maximum absolute atomic E-state index is 12.4. The van der Waals surface area contributed by atoms with Gasteiger partial charge in [0.25, 0.3) is 0 Å². The third kappa shape index (κ3) is 44.0. The van der Waals surface area contributed by atoms with Crippen molar-refractivity contribution in [1.29, 1.82) is 0 Å². The Bertz CT molecular complexity index is 1350. The Morgan fingerprint density at radius 3 is 1.58 bits per heavy atom. The van der Waals surface area contributed by atoms with Crippen LogP contribution in [-0.4, -0.2) is 107 Å². The molecule has 0 bridgehead atoms. The van der Waals surface area contributed by atoms with Crippen LogP contribution in [0.3, 0.4) is 0 Å². The molecule has 0 fully saturated rings. The van der Waals surface area contributed by atoms with Crippen LogP contribution in [0.25, 0.3) is 0 Å². The predicted octanol–water partition coefficient (Wildman–Crippen LogP) is 9.52. The van der Waals surface area contributed by atoms with Crippen molar-refractivity contribution in [3.05, 3.63) is 35.9 Å². The van der Waals surface area contributed by atoms with Gasteiger partial charge in [-0.15, -0.1) is 0 Å². The van der Waals surface area contributed by atoms with E-state index in [0.29, 0.717) is 59.0 Å². The third-order valence-electron chi connectivity index (χ3n) is 9.56. The van der Waals surface area contributed by atoms with Crippen LogP contribution in [0.1, 0.15) is 182 Å². The molecule has 65 heavy (non-hydrogen) atoms. The minimum Gasteiger partial charge on any atom is -0.461 e. The summed E-state index contributed by atoms with van der Waals surface area (Å²) < 4.78 is 36.9. The maximum Gasteiger partial charge on any atom is 0.329 e. The van der Waals surface area contributed by atoms with Crippen LogP contribution in [0.15, 0.2) is 30.3 Å². The Balaban J connectivity index is 0.00000129. The number of hydrogen-bond donors (Lipinski definition) is 2. The zero-order chi connectivity index (χ0) is 48.4. The Morgan fingerprint density at radius 1 is 0.538 bits per heavy atom. The van der Waals surface area contributed by atoms with E-state index in [1.165, 1.54) is 64.2 Å². The summed E-state index contributed by atoms with van der Waals surface area (Å²) in [6.45, 7) is 17.3. The fourth-order valence-electron chi connectivity index (χ4n) is 6.26. The zero-order valence-electron chi connectivity index (χ0n) is 41.9. The molecule has 1 rings (SSSR count). The number of hydrogen-bond acceptors (Lipinski definition) is 12. The van der Waals surface area contributed by atoms with Gasteiger partial charge in [-0.1, -0.05) is 114 Å². The van der Waals surface area contributed by atoms with E-state index in [-0.39, 0.29) is 55.9 Å². The highest BCUT2D eigenvalue weighted by Crippen LogP contribution is 2.16. The number of nitrogens with one attached hydrogen (secondary N) is 2. The van der Waals surface area contributed by atoms with Crippen molar-refractivity contribution in [1.82, 2.24) is 10.6 Å². The van der Waals surface area contributed by atoms with E-state index < -0.39 is 23.6 Å². The monoisotopic (exact) mass is 923 g/mol. The lowest BCUT2D eigenvalue weighted by atomic mass is 10.0. The normalized spacial score (nSPS) is 11.8. The van der Waals surface area contributed by atoms with Crippen molar-refractivity contribution in [2.45, 2.75) is 201 Å².